The fourth-order valence-corrected chi connectivity index (χ4v) is 3.97. The molecule has 1 aliphatic rings. The van der Waals surface area contributed by atoms with Crippen LogP contribution in [0.15, 0.2) is 28.4 Å². The van der Waals surface area contributed by atoms with Gasteiger partial charge in [0, 0.05) is 55.2 Å². The highest BCUT2D eigenvalue weighted by atomic mass is 35.5. The summed E-state index contributed by atoms with van der Waals surface area (Å²) in [5, 5.41) is 5.37. The molecule has 1 aliphatic heterocycles. The number of thiazole rings is 1. The third-order valence-corrected chi connectivity index (χ3v) is 5.73. The molecule has 2 heterocycles. The Labute approximate surface area is 162 Å². The molecule has 1 N–H and O–H groups in total. The van der Waals surface area contributed by atoms with E-state index in [-0.39, 0.29) is 17.2 Å². The number of halogens is 1. The molecule has 0 saturated carbocycles. The molecule has 26 heavy (non-hydrogen) atoms. The SMILES string of the molecule is Cc1csc(=O)n1CCC(=O)Nc1cc(Cl)ccc1N1CCN(C)CC1. The zero-order chi connectivity index (χ0) is 18.7. The van der Waals surface area contributed by atoms with E-state index in [2.05, 4.69) is 22.2 Å². The molecule has 8 heteroatoms. The second kappa shape index (κ2) is 8.24. The molecule has 0 atom stereocenters. The van der Waals surface area contributed by atoms with Crippen LogP contribution in [0.4, 0.5) is 11.4 Å². The van der Waals surface area contributed by atoms with Crippen LogP contribution in [-0.4, -0.2) is 48.6 Å². The number of nitrogens with zero attached hydrogens (tertiary/aromatic N) is 3. The molecule has 6 nitrogen and oxygen atoms in total. The summed E-state index contributed by atoms with van der Waals surface area (Å²) < 4.78 is 1.63. The van der Waals surface area contributed by atoms with Crippen LogP contribution in [0.3, 0.4) is 0 Å². The van der Waals surface area contributed by atoms with Crippen LogP contribution in [0.5, 0.6) is 0 Å². The fourth-order valence-electron chi connectivity index (χ4n) is 3.03. The van der Waals surface area contributed by atoms with Gasteiger partial charge in [-0.05, 0) is 32.2 Å². The van der Waals surface area contributed by atoms with Crippen molar-refractivity contribution >= 4 is 40.2 Å². The minimum atomic E-state index is -0.125. The molecule has 1 aromatic heterocycles. The standard InChI is InChI=1S/C18H23ClN4O2S/c1-13-12-26-18(25)23(13)6-5-17(24)20-15-11-14(19)3-4-16(15)22-9-7-21(2)8-10-22/h3-4,11-12H,5-10H2,1-2H3,(H,20,24). The average Bonchev–Trinajstić information content (AvgIpc) is 2.92. The van der Waals surface area contributed by atoms with E-state index in [1.165, 1.54) is 0 Å². The van der Waals surface area contributed by atoms with E-state index in [9.17, 15) is 9.59 Å². The number of carbonyl (C=O) groups excluding carboxylic acids is 1. The lowest BCUT2D eigenvalue weighted by Gasteiger charge is -2.35. The van der Waals surface area contributed by atoms with Crippen molar-refractivity contribution in [1.29, 1.82) is 0 Å². The number of carbonyl (C=O) groups is 1. The number of hydrogen-bond donors (Lipinski definition) is 1. The first-order valence-corrected chi connectivity index (χ1v) is 9.87. The third kappa shape index (κ3) is 4.47. The Bertz CT molecular complexity index is 840. The van der Waals surface area contributed by atoms with Gasteiger partial charge in [0.05, 0.1) is 11.4 Å². The number of anilines is 2. The van der Waals surface area contributed by atoms with Gasteiger partial charge in [-0.3, -0.25) is 9.59 Å². The topological polar surface area (TPSA) is 57.6 Å². The van der Waals surface area contributed by atoms with Crippen LogP contribution in [0.1, 0.15) is 12.1 Å². The quantitative estimate of drug-likeness (QED) is 0.847. The number of piperazine rings is 1. The molecular formula is C18H23ClN4O2S. The van der Waals surface area contributed by atoms with Crippen molar-refractivity contribution in [2.45, 2.75) is 19.9 Å². The normalized spacial score (nSPS) is 15.3. The minimum Gasteiger partial charge on any atom is -0.367 e. The number of nitrogens with one attached hydrogen (secondary N) is 1. The highest BCUT2D eigenvalue weighted by molar-refractivity contribution is 7.07. The molecule has 140 valence electrons. The van der Waals surface area contributed by atoms with Crippen molar-refractivity contribution in [3.63, 3.8) is 0 Å². The maximum Gasteiger partial charge on any atom is 0.307 e. The summed E-state index contributed by atoms with van der Waals surface area (Å²) >= 11 is 7.30. The van der Waals surface area contributed by atoms with E-state index in [0.29, 0.717) is 11.6 Å². The Morgan fingerprint density at radius 3 is 2.65 bits per heavy atom. The van der Waals surface area contributed by atoms with Crippen LogP contribution < -0.4 is 15.1 Å². The summed E-state index contributed by atoms with van der Waals surface area (Å²) in [7, 11) is 2.11. The summed E-state index contributed by atoms with van der Waals surface area (Å²) in [6.07, 6.45) is 0.242. The molecule has 1 saturated heterocycles. The zero-order valence-electron chi connectivity index (χ0n) is 15.0. The zero-order valence-corrected chi connectivity index (χ0v) is 16.6. The molecule has 1 fully saturated rings. The summed E-state index contributed by atoms with van der Waals surface area (Å²) in [6, 6.07) is 5.59. The van der Waals surface area contributed by atoms with Gasteiger partial charge in [-0.1, -0.05) is 22.9 Å². The lowest BCUT2D eigenvalue weighted by Crippen LogP contribution is -2.44. The predicted octanol–water partition coefficient (Wildman–Crippen LogP) is 2.65. The predicted molar refractivity (Wildman–Crippen MR) is 108 cm³/mol. The second-order valence-corrected chi connectivity index (χ2v) is 7.80. The smallest absolute Gasteiger partial charge is 0.307 e. The lowest BCUT2D eigenvalue weighted by molar-refractivity contribution is -0.116. The van der Waals surface area contributed by atoms with Gasteiger partial charge >= 0.3 is 4.87 Å². The monoisotopic (exact) mass is 394 g/mol. The lowest BCUT2D eigenvalue weighted by atomic mass is 10.2. The molecular weight excluding hydrogens is 372 g/mol. The van der Waals surface area contributed by atoms with Crippen LogP contribution in [0.25, 0.3) is 0 Å². The molecule has 1 amide bonds. The Balaban J connectivity index is 1.69. The van der Waals surface area contributed by atoms with E-state index in [1.54, 1.807) is 10.6 Å². The molecule has 0 bridgehead atoms. The molecule has 2 aromatic rings. The van der Waals surface area contributed by atoms with Crippen LogP contribution in [0.2, 0.25) is 5.02 Å². The third-order valence-electron chi connectivity index (χ3n) is 4.62. The van der Waals surface area contributed by atoms with Crippen molar-refractivity contribution < 1.29 is 4.79 Å². The van der Waals surface area contributed by atoms with Crippen LogP contribution >= 0.6 is 22.9 Å². The van der Waals surface area contributed by atoms with Gasteiger partial charge in [-0.2, -0.15) is 0 Å². The van der Waals surface area contributed by atoms with Crippen molar-refractivity contribution in [2.24, 2.45) is 0 Å². The number of hydrogen-bond acceptors (Lipinski definition) is 5. The molecule has 1 aromatic carbocycles. The number of amides is 1. The highest BCUT2D eigenvalue weighted by Crippen LogP contribution is 2.30. The first kappa shape index (κ1) is 18.9. The van der Waals surface area contributed by atoms with Gasteiger partial charge in [0.1, 0.15) is 0 Å². The van der Waals surface area contributed by atoms with E-state index in [1.807, 2.05) is 24.4 Å². The molecule has 0 aliphatic carbocycles. The van der Waals surface area contributed by atoms with Crippen molar-refractivity contribution in [3.8, 4) is 0 Å². The number of aromatic nitrogens is 1. The maximum absolute atomic E-state index is 12.4. The fraction of sp³-hybridized carbons (Fsp3) is 0.444. The van der Waals surface area contributed by atoms with E-state index >= 15 is 0 Å². The number of benzene rings is 1. The van der Waals surface area contributed by atoms with Crippen LogP contribution in [-0.2, 0) is 11.3 Å². The van der Waals surface area contributed by atoms with Crippen LogP contribution in [0, 0.1) is 6.92 Å². The van der Waals surface area contributed by atoms with Gasteiger partial charge < -0.3 is 19.7 Å². The second-order valence-electron chi connectivity index (χ2n) is 6.54. The minimum absolute atomic E-state index is 0.0313. The van der Waals surface area contributed by atoms with Crippen molar-refractivity contribution in [2.75, 3.05) is 43.4 Å². The summed E-state index contributed by atoms with van der Waals surface area (Å²) in [5.41, 5.74) is 2.59. The molecule has 3 rings (SSSR count). The Morgan fingerprint density at radius 2 is 2.00 bits per heavy atom. The first-order valence-electron chi connectivity index (χ1n) is 8.62. The average molecular weight is 395 g/mol. The van der Waals surface area contributed by atoms with E-state index in [4.69, 9.17) is 11.6 Å². The Morgan fingerprint density at radius 1 is 1.27 bits per heavy atom. The number of likely N-dealkylation sites (N-methyl/N-ethyl adjacent to an activating group) is 1. The number of aryl methyl sites for hydroxylation is 1. The molecule has 0 radical (unpaired) electrons. The van der Waals surface area contributed by atoms with Gasteiger partial charge in [0.15, 0.2) is 0 Å². The summed E-state index contributed by atoms with van der Waals surface area (Å²) in [4.78, 5) is 28.7. The Hall–Kier alpha value is -1.83. The van der Waals surface area contributed by atoms with Gasteiger partial charge in [-0.15, -0.1) is 0 Å². The van der Waals surface area contributed by atoms with E-state index < -0.39 is 0 Å². The van der Waals surface area contributed by atoms with Gasteiger partial charge in [0.2, 0.25) is 5.91 Å². The first-order chi connectivity index (χ1) is 12.4. The maximum atomic E-state index is 12.4. The molecule has 0 spiro atoms. The highest BCUT2D eigenvalue weighted by Gasteiger charge is 2.18. The van der Waals surface area contributed by atoms with E-state index in [0.717, 1.165) is 54.6 Å². The molecule has 0 unspecified atom stereocenters. The van der Waals surface area contributed by atoms with Gasteiger partial charge in [0.25, 0.3) is 0 Å². The Kier molecular flexibility index (Phi) is 6.01. The van der Waals surface area contributed by atoms with Crippen molar-refractivity contribution in [1.82, 2.24) is 9.47 Å². The van der Waals surface area contributed by atoms with Gasteiger partial charge in [-0.25, -0.2) is 0 Å². The number of rotatable bonds is 5. The largest absolute Gasteiger partial charge is 0.367 e. The van der Waals surface area contributed by atoms with Crippen molar-refractivity contribution in [3.05, 3.63) is 44.0 Å². The summed E-state index contributed by atoms with van der Waals surface area (Å²) in [6.45, 7) is 6.03. The summed E-state index contributed by atoms with van der Waals surface area (Å²) in [5.74, 6) is -0.125.